The van der Waals surface area contributed by atoms with E-state index >= 15 is 0 Å². The van der Waals surface area contributed by atoms with E-state index in [-0.39, 0.29) is 5.60 Å². The number of carbonyl (C=O) groups is 2. The third-order valence-corrected chi connectivity index (χ3v) is 6.79. The van der Waals surface area contributed by atoms with Gasteiger partial charge in [0, 0.05) is 38.0 Å². The molecule has 186 valence electrons. The number of piperidine rings is 1. The highest BCUT2D eigenvalue weighted by Gasteiger charge is 2.40. The fourth-order valence-electron chi connectivity index (χ4n) is 4.43. The number of carboxylic acid groups (broad SMARTS) is 2. The summed E-state index contributed by atoms with van der Waals surface area (Å²) in [5, 5.41) is 18.7. The molecule has 7 nitrogen and oxygen atoms in total. The maximum Gasteiger partial charge on any atom is 0.490 e. The van der Waals surface area contributed by atoms with Crippen molar-refractivity contribution in [3.05, 3.63) is 52.0 Å². The van der Waals surface area contributed by atoms with Crippen LogP contribution in [0.15, 0.2) is 35.2 Å². The number of halogens is 3. The lowest BCUT2D eigenvalue weighted by atomic mass is 9.81. The highest BCUT2D eigenvalue weighted by molar-refractivity contribution is 7.07. The summed E-state index contributed by atoms with van der Waals surface area (Å²) >= 11 is 1.52. The predicted octanol–water partition coefficient (Wildman–Crippen LogP) is 3.97. The van der Waals surface area contributed by atoms with Crippen LogP contribution in [0.25, 0.3) is 0 Å². The first-order chi connectivity index (χ1) is 16.1. The van der Waals surface area contributed by atoms with Crippen LogP contribution in [0.1, 0.15) is 36.1 Å². The molecule has 11 heteroatoms. The third-order valence-electron chi connectivity index (χ3n) is 6.15. The van der Waals surface area contributed by atoms with Gasteiger partial charge in [-0.25, -0.2) is 9.78 Å². The summed E-state index contributed by atoms with van der Waals surface area (Å²) in [5.74, 6) is -3.91. The molecule has 0 amide bonds. The number of aryl methyl sites for hydroxylation is 1. The molecule has 1 unspecified atom stereocenters. The molecule has 4 rings (SSSR count). The van der Waals surface area contributed by atoms with Crippen molar-refractivity contribution >= 4 is 23.3 Å². The summed E-state index contributed by atoms with van der Waals surface area (Å²) in [5.41, 5.74) is 5.20. The molecule has 1 fully saturated rings. The predicted molar refractivity (Wildman–Crippen MR) is 119 cm³/mol. The number of benzene rings is 1. The van der Waals surface area contributed by atoms with E-state index < -0.39 is 24.0 Å². The molecule has 34 heavy (non-hydrogen) atoms. The van der Waals surface area contributed by atoms with Crippen LogP contribution in [0, 0.1) is 5.92 Å². The second kappa shape index (κ2) is 11.3. The van der Waals surface area contributed by atoms with Gasteiger partial charge < -0.3 is 19.8 Å². The van der Waals surface area contributed by atoms with Crippen molar-refractivity contribution in [2.24, 2.45) is 5.92 Å². The van der Waals surface area contributed by atoms with Crippen LogP contribution in [0.5, 0.6) is 0 Å². The van der Waals surface area contributed by atoms with Gasteiger partial charge in [0.25, 0.3) is 0 Å². The minimum absolute atomic E-state index is 0.197. The lowest BCUT2D eigenvalue weighted by molar-refractivity contribution is -0.192. The molecule has 1 saturated heterocycles. The topological polar surface area (TPSA) is 100.0 Å². The minimum Gasteiger partial charge on any atom is -0.481 e. The van der Waals surface area contributed by atoms with E-state index in [1.165, 1.54) is 22.5 Å². The summed E-state index contributed by atoms with van der Waals surface area (Å²) < 4.78 is 38.1. The number of hydrogen-bond acceptors (Lipinski definition) is 6. The van der Waals surface area contributed by atoms with Crippen molar-refractivity contribution in [1.82, 2.24) is 9.88 Å². The van der Waals surface area contributed by atoms with E-state index in [1.54, 1.807) is 5.51 Å². The number of rotatable bonds is 5. The molecule has 0 saturated carbocycles. The number of thiazole rings is 1. The lowest BCUT2D eigenvalue weighted by Gasteiger charge is -2.42. The summed E-state index contributed by atoms with van der Waals surface area (Å²) in [6.07, 6.45) is -0.590. The van der Waals surface area contributed by atoms with E-state index in [4.69, 9.17) is 14.6 Å². The van der Waals surface area contributed by atoms with Crippen molar-refractivity contribution in [2.45, 2.75) is 43.9 Å². The number of carboxylic acids is 2. The Labute approximate surface area is 199 Å². The van der Waals surface area contributed by atoms with Gasteiger partial charge in [-0.05, 0) is 36.8 Å². The molecule has 1 atom stereocenters. The van der Waals surface area contributed by atoms with Crippen molar-refractivity contribution in [3.8, 4) is 0 Å². The largest absolute Gasteiger partial charge is 0.490 e. The molecule has 3 heterocycles. The molecule has 2 aromatic rings. The van der Waals surface area contributed by atoms with Gasteiger partial charge in [-0.2, -0.15) is 13.2 Å². The zero-order valence-corrected chi connectivity index (χ0v) is 19.3. The Morgan fingerprint density at radius 2 is 1.88 bits per heavy atom. The first-order valence-corrected chi connectivity index (χ1v) is 11.9. The third kappa shape index (κ3) is 6.77. The number of alkyl halides is 3. The number of fused-ring (bicyclic) bond motifs is 2. The Morgan fingerprint density at radius 1 is 1.21 bits per heavy atom. The van der Waals surface area contributed by atoms with Gasteiger partial charge in [-0.15, -0.1) is 11.3 Å². The van der Waals surface area contributed by atoms with Crippen LogP contribution < -0.4 is 0 Å². The quantitative estimate of drug-likeness (QED) is 0.641. The molecule has 0 bridgehead atoms. The average molecular weight is 501 g/mol. The van der Waals surface area contributed by atoms with Crippen LogP contribution in [0.4, 0.5) is 13.2 Å². The number of aliphatic carboxylic acids is 2. The number of hydrogen-bond donors (Lipinski definition) is 2. The maximum atomic E-state index is 11.7. The first-order valence-electron chi connectivity index (χ1n) is 11.0. The van der Waals surface area contributed by atoms with Crippen LogP contribution in [0.3, 0.4) is 0 Å². The fourth-order valence-corrected chi connectivity index (χ4v) is 5.00. The highest BCUT2D eigenvalue weighted by atomic mass is 32.1. The van der Waals surface area contributed by atoms with Crippen LogP contribution in [-0.4, -0.2) is 64.5 Å². The van der Waals surface area contributed by atoms with Crippen molar-refractivity contribution < 1.29 is 37.7 Å². The molecule has 0 aliphatic carbocycles. The average Bonchev–Trinajstić information content (AvgIpc) is 3.24. The first kappa shape index (κ1) is 26.1. The van der Waals surface area contributed by atoms with Crippen molar-refractivity contribution in [2.75, 3.05) is 26.2 Å². The molecule has 0 radical (unpaired) electrons. The van der Waals surface area contributed by atoms with Gasteiger partial charge in [-0.3, -0.25) is 4.79 Å². The number of ether oxygens (including phenoxy) is 1. The monoisotopic (exact) mass is 500 g/mol. The van der Waals surface area contributed by atoms with Gasteiger partial charge >= 0.3 is 18.1 Å². The van der Waals surface area contributed by atoms with Crippen molar-refractivity contribution in [3.63, 3.8) is 0 Å². The molecule has 1 aromatic heterocycles. The summed E-state index contributed by atoms with van der Waals surface area (Å²) in [7, 11) is 0. The Hall–Kier alpha value is -2.50. The normalized spacial score (nSPS) is 18.8. The molecule has 1 spiro atoms. The molecular weight excluding hydrogens is 473 g/mol. The summed E-state index contributed by atoms with van der Waals surface area (Å²) in [4.78, 5) is 27.2. The van der Waals surface area contributed by atoms with Gasteiger partial charge in [0.1, 0.15) is 0 Å². The Bertz CT molecular complexity index is 960. The maximum absolute atomic E-state index is 11.7. The van der Waals surface area contributed by atoms with Gasteiger partial charge in [0.15, 0.2) is 0 Å². The zero-order valence-electron chi connectivity index (χ0n) is 18.5. The molecule has 2 N–H and O–H groups in total. The summed E-state index contributed by atoms with van der Waals surface area (Å²) in [6, 6.07) is 8.67. The van der Waals surface area contributed by atoms with Crippen LogP contribution in [0.2, 0.25) is 0 Å². The fraction of sp³-hybridized carbons (Fsp3) is 0.522. The second-order valence-electron chi connectivity index (χ2n) is 8.43. The van der Waals surface area contributed by atoms with Crippen molar-refractivity contribution in [1.29, 1.82) is 0 Å². The van der Waals surface area contributed by atoms with Crippen LogP contribution in [-0.2, 0) is 32.8 Å². The smallest absolute Gasteiger partial charge is 0.481 e. The van der Waals surface area contributed by atoms with Gasteiger partial charge in [0.05, 0.1) is 22.7 Å². The van der Waals surface area contributed by atoms with E-state index in [1.807, 2.05) is 5.38 Å². The SMILES string of the molecule is O=C(O)C(Cc1cscn1)CN1CCC2(CC1)OCCCc1ccccc12.O=C(O)C(F)(F)F. The number of nitrogens with zero attached hydrogens (tertiary/aromatic N) is 2. The van der Waals surface area contributed by atoms with E-state index in [0.717, 1.165) is 51.1 Å². The Morgan fingerprint density at radius 3 is 2.47 bits per heavy atom. The van der Waals surface area contributed by atoms with E-state index in [2.05, 4.69) is 34.1 Å². The van der Waals surface area contributed by atoms with E-state index in [0.29, 0.717) is 13.0 Å². The number of likely N-dealkylation sites (tertiary alicyclic amines) is 1. The van der Waals surface area contributed by atoms with Gasteiger partial charge in [-0.1, -0.05) is 24.3 Å². The van der Waals surface area contributed by atoms with Gasteiger partial charge in [0.2, 0.25) is 0 Å². The second-order valence-corrected chi connectivity index (χ2v) is 9.14. The molecule has 2 aliphatic rings. The van der Waals surface area contributed by atoms with Crippen LogP contribution >= 0.6 is 11.3 Å². The Kier molecular flexibility index (Phi) is 8.67. The number of aromatic nitrogens is 1. The Balaban J connectivity index is 0.000000406. The summed E-state index contributed by atoms with van der Waals surface area (Å²) in [6.45, 7) is 3.12. The molecule has 2 aliphatic heterocycles. The zero-order chi connectivity index (χ0) is 24.8. The minimum atomic E-state index is -5.08. The van der Waals surface area contributed by atoms with E-state index in [9.17, 15) is 23.1 Å². The standard InChI is InChI=1S/C21H26N2O3S.C2HF3O2/c24-20(25)17(12-18-14-27-15-22-18)13-23-9-7-21(8-10-23)19-6-2-1-4-16(19)5-3-11-26-21;3-2(4,5)1(6)7/h1-2,4,6,14-15,17H,3,5,7-13H2,(H,24,25);(H,6,7). The highest BCUT2D eigenvalue weighted by Crippen LogP contribution is 2.40. The molecule has 1 aromatic carbocycles. The lowest BCUT2D eigenvalue weighted by Crippen LogP contribution is -2.46. The molecular formula is C23H27F3N2O5S.